The number of rotatable bonds is 4. The van der Waals surface area contributed by atoms with Crippen molar-refractivity contribution in [3.8, 4) is 5.75 Å². The van der Waals surface area contributed by atoms with E-state index in [0.717, 1.165) is 5.69 Å². The molecule has 0 unspecified atom stereocenters. The van der Waals surface area contributed by atoms with Crippen molar-refractivity contribution in [2.75, 3.05) is 18.2 Å². The highest BCUT2D eigenvalue weighted by atomic mass is 35.5. The molecule has 0 saturated carbocycles. The highest BCUT2D eigenvalue weighted by Gasteiger charge is 2.07. The number of ether oxygens (including phenoxy) is 1. The van der Waals surface area contributed by atoms with E-state index in [1.54, 1.807) is 31.4 Å². The Kier molecular flexibility index (Phi) is 4.06. The Hall–Kier alpha value is -2.01. The van der Waals surface area contributed by atoms with E-state index in [0.29, 0.717) is 34.7 Å². The van der Waals surface area contributed by atoms with Gasteiger partial charge < -0.3 is 15.8 Å². The number of aryl methyl sites for hydroxylation is 1. The Balaban J connectivity index is 2.35. The van der Waals surface area contributed by atoms with E-state index < -0.39 is 0 Å². The van der Waals surface area contributed by atoms with E-state index in [1.165, 1.54) is 0 Å². The number of hydrogen-bond donors (Lipinski definition) is 2. The van der Waals surface area contributed by atoms with Crippen molar-refractivity contribution in [3.63, 3.8) is 0 Å². The Morgan fingerprint density at radius 1 is 1.32 bits per heavy atom. The van der Waals surface area contributed by atoms with E-state index in [4.69, 9.17) is 22.1 Å². The summed E-state index contributed by atoms with van der Waals surface area (Å²) in [6.07, 6.45) is 0.715. The first kappa shape index (κ1) is 13.4. The molecule has 100 valence electrons. The molecular weight excluding hydrogens is 264 g/mol. The van der Waals surface area contributed by atoms with Crippen LogP contribution in [0.15, 0.2) is 24.3 Å². The molecule has 0 saturated heterocycles. The van der Waals surface area contributed by atoms with Gasteiger partial charge in [0.2, 0.25) is 0 Å². The molecule has 3 N–H and O–H groups in total. The summed E-state index contributed by atoms with van der Waals surface area (Å²) in [5.74, 6) is 2.41. The van der Waals surface area contributed by atoms with Crippen LogP contribution >= 0.6 is 11.6 Å². The Bertz CT molecular complexity index is 589. The summed E-state index contributed by atoms with van der Waals surface area (Å²) in [6.45, 7) is 1.97. The van der Waals surface area contributed by atoms with Gasteiger partial charge in [0.1, 0.15) is 23.2 Å². The third-order valence-corrected chi connectivity index (χ3v) is 2.77. The lowest BCUT2D eigenvalue weighted by molar-refractivity contribution is 0.417. The van der Waals surface area contributed by atoms with Gasteiger partial charge in [-0.2, -0.15) is 0 Å². The van der Waals surface area contributed by atoms with E-state index in [-0.39, 0.29) is 0 Å². The topological polar surface area (TPSA) is 73.1 Å². The van der Waals surface area contributed by atoms with Gasteiger partial charge in [0.25, 0.3) is 0 Å². The number of hydrogen-bond acceptors (Lipinski definition) is 5. The van der Waals surface area contributed by atoms with Gasteiger partial charge in [0, 0.05) is 17.5 Å². The van der Waals surface area contributed by atoms with E-state index in [2.05, 4.69) is 15.3 Å². The predicted octanol–water partition coefficient (Wildman–Crippen LogP) is 3.03. The van der Waals surface area contributed by atoms with Crippen molar-refractivity contribution in [2.24, 2.45) is 0 Å². The predicted molar refractivity (Wildman–Crippen MR) is 77.1 cm³/mol. The molecule has 2 rings (SSSR count). The normalized spacial score (nSPS) is 10.3. The maximum absolute atomic E-state index is 5.98. The largest absolute Gasteiger partial charge is 0.495 e. The molecule has 0 aliphatic carbocycles. The zero-order valence-electron chi connectivity index (χ0n) is 10.8. The molecule has 0 fully saturated rings. The monoisotopic (exact) mass is 278 g/mol. The Labute approximate surface area is 116 Å². The molecule has 1 aromatic heterocycles. The van der Waals surface area contributed by atoms with Crippen LogP contribution in [0.3, 0.4) is 0 Å². The van der Waals surface area contributed by atoms with Crippen LogP contribution in [0.1, 0.15) is 12.7 Å². The smallest absolute Gasteiger partial charge is 0.142 e. The van der Waals surface area contributed by atoms with Gasteiger partial charge in [0.05, 0.1) is 12.8 Å². The lowest BCUT2D eigenvalue weighted by Gasteiger charge is -2.11. The molecule has 0 atom stereocenters. The lowest BCUT2D eigenvalue weighted by atomic mass is 10.3. The van der Waals surface area contributed by atoms with Crippen molar-refractivity contribution in [3.05, 3.63) is 35.1 Å². The fourth-order valence-corrected chi connectivity index (χ4v) is 1.83. The van der Waals surface area contributed by atoms with E-state index >= 15 is 0 Å². The molecule has 0 amide bonds. The Morgan fingerprint density at radius 2 is 2.11 bits per heavy atom. The first-order valence-corrected chi connectivity index (χ1v) is 6.24. The van der Waals surface area contributed by atoms with Gasteiger partial charge in [-0.25, -0.2) is 9.97 Å². The number of nitrogens with two attached hydrogens (primary N) is 1. The van der Waals surface area contributed by atoms with Crippen LogP contribution < -0.4 is 15.8 Å². The summed E-state index contributed by atoms with van der Waals surface area (Å²) in [4.78, 5) is 8.48. The average molecular weight is 279 g/mol. The Morgan fingerprint density at radius 3 is 2.79 bits per heavy atom. The molecule has 6 heteroatoms. The van der Waals surface area contributed by atoms with Gasteiger partial charge in [-0.15, -0.1) is 0 Å². The maximum atomic E-state index is 5.98. The number of nitrogen functional groups attached to an aromatic ring is 1. The van der Waals surface area contributed by atoms with Crippen molar-refractivity contribution >= 4 is 28.9 Å². The number of anilines is 3. The minimum Gasteiger partial charge on any atom is -0.495 e. The molecular formula is C13H15ClN4O. The molecule has 0 aliphatic heterocycles. The average Bonchev–Trinajstić information content (AvgIpc) is 2.38. The summed E-state index contributed by atoms with van der Waals surface area (Å²) in [5.41, 5.74) is 6.47. The number of halogens is 1. The van der Waals surface area contributed by atoms with Crippen LogP contribution in [0, 0.1) is 0 Å². The molecule has 0 aliphatic rings. The highest BCUT2D eigenvalue weighted by Crippen LogP contribution is 2.30. The summed E-state index contributed by atoms with van der Waals surface area (Å²) in [5, 5.41) is 3.75. The third kappa shape index (κ3) is 3.26. The van der Waals surface area contributed by atoms with Gasteiger partial charge in [0.15, 0.2) is 0 Å². The van der Waals surface area contributed by atoms with E-state index in [9.17, 15) is 0 Å². The molecule has 1 heterocycles. The molecule has 0 radical (unpaired) electrons. The first-order chi connectivity index (χ1) is 9.12. The molecule has 0 bridgehead atoms. The first-order valence-electron chi connectivity index (χ1n) is 5.86. The van der Waals surface area contributed by atoms with Crippen LogP contribution in [-0.2, 0) is 6.42 Å². The number of methoxy groups -OCH3 is 1. The third-order valence-electron chi connectivity index (χ3n) is 2.53. The van der Waals surface area contributed by atoms with Gasteiger partial charge in [-0.05, 0) is 18.2 Å². The van der Waals surface area contributed by atoms with Gasteiger partial charge in [-0.3, -0.25) is 0 Å². The van der Waals surface area contributed by atoms with E-state index in [1.807, 2.05) is 6.92 Å². The number of aromatic nitrogens is 2. The summed E-state index contributed by atoms with van der Waals surface area (Å²) >= 11 is 5.98. The van der Waals surface area contributed by atoms with Crippen LogP contribution in [0.4, 0.5) is 17.3 Å². The molecule has 19 heavy (non-hydrogen) atoms. The van der Waals surface area contributed by atoms with Crippen molar-refractivity contribution in [1.82, 2.24) is 9.97 Å². The SMILES string of the molecule is CCc1nc(N)cc(Nc2cc(Cl)ccc2OC)n1. The van der Waals surface area contributed by atoms with Gasteiger partial charge in [-0.1, -0.05) is 18.5 Å². The summed E-state index contributed by atoms with van der Waals surface area (Å²) in [7, 11) is 1.60. The molecule has 0 spiro atoms. The molecule has 1 aromatic carbocycles. The second-order valence-electron chi connectivity index (χ2n) is 3.92. The van der Waals surface area contributed by atoms with Crippen LogP contribution in [0.5, 0.6) is 5.75 Å². The maximum Gasteiger partial charge on any atom is 0.142 e. The summed E-state index contributed by atoms with van der Waals surface area (Å²) < 4.78 is 5.26. The zero-order chi connectivity index (χ0) is 13.8. The molecule has 2 aromatic rings. The van der Waals surface area contributed by atoms with Gasteiger partial charge >= 0.3 is 0 Å². The second-order valence-corrected chi connectivity index (χ2v) is 4.35. The van der Waals surface area contributed by atoms with Crippen molar-refractivity contribution in [2.45, 2.75) is 13.3 Å². The van der Waals surface area contributed by atoms with Crippen LogP contribution in [0.25, 0.3) is 0 Å². The summed E-state index contributed by atoms with van der Waals surface area (Å²) in [6, 6.07) is 6.98. The minimum atomic E-state index is 0.426. The zero-order valence-corrected chi connectivity index (χ0v) is 11.5. The number of nitrogens with zero attached hydrogens (tertiary/aromatic N) is 2. The fourth-order valence-electron chi connectivity index (χ4n) is 1.66. The lowest BCUT2D eigenvalue weighted by Crippen LogP contribution is -2.03. The van der Waals surface area contributed by atoms with Crippen LogP contribution in [0.2, 0.25) is 5.02 Å². The number of nitrogens with one attached hydrogen (secondary N) is 1. The minimum absolute atomic E-state index is 0.426. The fraction of sp³-hybridized carbons (Fsp3) is 0.231. The van der Waals surface area contributed by atoms with Crippen molar-refractivity contribution in [1.29, 1.82) is 0 Å². The standard InChI is InChI=1S/C13H15ClN4O/c1-3-12-17-11(15)7-13(18-12)16-9-6-8(14)4-5-10(9)19-2/h4-7H,3H2,1-2H3,(H3,15,16,17,18). The van der Waals surface area contributed by atoms with Crippen LogP contribution in [-0.4, -0.2) is 17.1 Å². The number of benzene rings is 1. The highest BCUT2D eigenvalue weighted by molar-refractivity contribution is 6.31. The second kappa shape index (κ2) is 5.75. The van der Waals surface area contributed by atoms with Crippen molar-refractivity contribution < 1.29 is 4.74 Å². The quantitative estimate of drug-likeness (QED) is 0.899. The molecule has 5 nitrogen and oxygen atoms in total.